The fraction of sp³-hybridized carbons (Fsp3) is 0.219. The number of carbonyl (C=O) groups is 1. The van der Waals surface area contributed by atoms with E-state index in [4.69, 9.17) is 14.2 Å². The Balaban J connectivity index is 1.43. The number of fused-ring (bicyclic) bond motifs is 1. The fourth-order valence-electron chi connectivity index (χ4n) is 4.93. The van der Waals surface area contributed by atoms with Crippen molar-refractivity contribution in [2.24, 2.45) is 0 Å². The molecule has 0 aliphatic carbocycles. The monoisotopic (exact) mass is 571 g/mol. The maximum Gasteiger partial charge on any atom is 0.282 e. The summed E-state index contributed by atoms with van der Waals surface area (Å²) < 4.78 is 34.8. The smallest absolute Gasteiger partial charge is 0.282 e. The van der Waals surface area contributed by atoms with E-state index in [1.165, 1.54) is 31.0 Å². The number of hydrogen-bond acceptors (Lipinski definition) is 7. The number of ether oxygens (including phenoxy) is 3. The van der Waals surface area contributed by atoms with Gasteiger partial charge >= 0.3 is 0 Å². The van der Waals surface area contributed by atoms with Crippen LogP contribution in [0.2, 0.25) is 0 Å². The van der Waals surface area contributed by atoms with Gasteiger partial charge in [0.15, 0.2) is 28.8 Å². The molecule has 0 radical (unpaired) electrons. The number of aromatic nitrogens is 3. The van der Waals surface area contributed by atoms with Crippen molar-refractivity contribution in [3.8, 4) is 28.7 Å². The van der Waals surface area contributed by atoms with Crippen LogP contribution >= 0.6 is 0 Å². The van der Waals surface area contributed by atoms with E-state index in [0.717, 1.165) is 0 Å². The number of para-hydroxylation sites is 1. The number of carbonyl (C=O) groups excluding carboxylic acids is 1. The first-order valence-corrected chi connectivity index (χ1v) is 13.3. The van der Waals surface area contributed by atoms with E-state index < -0.39 is 23.3 Å². The Hall–Kier alpha value is -4.96. The topological polar surface area (TPSA) is 105 Å². The minimum absolute atomic E-state index is 0.00660. The number of Topliss-reactive ketones (excluding diaryl/α,β-unsaturated/α-hetero) is 1. The number of nitrogens with zero attached hydrogens (tertiary/aromatic N) is 3. The molecule has 1 atom stereocenters. The third-order valence-electron chi connectivity index (χ3n) is 6.90. The number of pyridine rings is 1. The van der Waals surface area contributed by atoms with E-state index in [1.807, 2.05) is 6.07 Å². The second kappa shape index (κ2) is 11.9. The summed E-state index contributed by atoms with van der Waals surface area (Å²) in [6.45, 7) is 3.39. The molecule has 0 fully saturated rings. The van der Waals surface area contributed by atoms with Crippen molar-refractivity contribution in [1.29, 1.82) is 0 Å². The lowest BCUT2D eigenvalue weighted by Crippen LogP contribution is -2.26. The zero-order valence-electron chi connectivity index (χ0n) is 23.6. The number of aliphatic hydroxyl groups is 1. The quantitative estimate of drug-likeness (QED) is 0.228. The Bertz CT molecular complexity index is 1830. The van der Waals surface area contributed by atoms with Crippen LogP contribution in [-0.4, -0.2) is 45.6 Å². The highest BCUT2D eigenvalue weighted by molar-refractivity contribution is 5.98. The van der Waals surface area contributed by atoms with Crippen LogP contribution in [0.15, 0.2) is 77.7 Å². The number of benzene rings is 3. The van der Waals surface area contributed by atoms with Gasteiger partial charge in [-0.3, -0.25) is 19.3 Å². The summed E-state index contributed by atoms with van der Waals surface area (Å²) in [6, 6.07) is 18.2. The third kappa shape index (κ3) is 5.48. The van der Waals surface area contributed by atoms with Gasteiger partial charge < -0.3 is 19.3 Å². The lowest BCUT2D eigenvalue weighted by atomic mass is 10.0. The molecule has 0 aliphatic heterocycles. The van der Waals surface area contributed by atoms with E-state index in [9.17, 15) is 14.7 Å². The summed E-state index contributed by atoms with van der Waals surface area (Å²) in [7, 11) is 3.04. The first-order valence-electron chi connectivity index (χ1n) is 13.3. The number of halogens is 1. The normalized spacial score (nSPS) is 11.9. The van der Waals surface area contributed by atoms with E-state index in [1.54, 1.807) is 73.3 Å². The van der Waals surface area contributed by atoms with Gasteiger partial charge in [0.2, 0.25) is 0 Å². The van der Waals surface area contributed by atoms with Crippen molar-refractivity contribution < 1.29 is 28.5 Å². The van der Waals surface area contributed by atoms with Gasteiger partial charge in [-0.2, -0.15) is 0 Å². The summed E-state index contributed by atoms with van der Waals surface area (Å²) in [4.78, 5) is 31.2. The molecule has 0 bridgehead atoms. The average molecular weight is 572 g/mol. The van der Waals surface area contributed by atoms with Crippen LogP contribution in [0.5, 0.6) is 23.0 Å². The maximum absolute atomic E-state index is 15.3. The van der Waals surface area contributed by atoms with E-state index in [0.29, 0.717) is 45.1 Å². The van der Waals surface area contributed by atoms with Gasteiger partial charge in [-0.25, -0.2) is 9.07 Å². The average Bonchev–Trinajstić information content (AvgIpc) is 3.22. The second-order valence-electron chi connectivity index (χ2n) is 9.84. The SMILES string of the molecule is COc1cc2nccc(Oc3ccc(CC(=O)c4c(C)n(C[C@@H](C)O)n(-c5ccccc5)c4=O)cc3F)c2cc1OC. The molecule has 0 unspecified atom stereocenters. The maximum atomic E-state index is 15.3. The molecule has 0 amide bonds. The molecule has 10 heteroatoms. The largest absolute Gasteiger partial charge is 0.493 e. The molecule has 2 aromatic heterocycles. The second-order valence-corrected chi connectivity index (χ2v) is 9.84. The highest BCUT2D eigenvalue weighted by Gasteiger charge is 2.25. The molecule has 0 saturated carbocycles. The van der Waals surface area contributed by atoms with Crippen LogP contribution in [0.3, 0.4) is 0 Å². The van der Waals surface area contributed by atoms with Crippen molar-refractivity contribution in [3.05, 3.63) is 106 Å². The van der Waals surface area contributed by atoms with Gasteiger partial charge in [-0.05, 0) is 55.8 Å². The van der Waals surface area contributed by atoms with Crippen molar-refractivity contribution in [3.63, 3.8) is 0 Å². The Morgan fingerprint density at radius 3 is 2.36 bits per heavy atom. The van der Waals surface area contributed by atoms with Crippen molar-refractivity contribution in [2.45, 2.75) is 32.9 Å². The van der Waals surface area contributed by atoms with Gasteiger partial charge in [-0.15, -0.1) is 0 Å². The Morgan fingerprint density at radius 2 is 1.69 bits per heavy atom. The molecule has 0 saturated heterocycles. The summed E-state index contributed by atoms with van der Waals surface area (Å²) in [5.41, 5.74) is 1.44. The van der Waals surface area contributed by atoms with Gasteiger partial charge in [0.05, 0.1) is 38.1 Å². The summed E-state index contributed by atoms with van der Waals surface area (Å²) in [5.74, 6) is 0.166. The molecule has 0 aliphatic rings. The molecule has 1 N–H and O–H groups in total. The summed E-state index contributed by atoms with van der Waals surface area (Å²) in [5, 5.41) is 10.7. The van der Waals surface area contributed by atoms with Crippen LogP contribution in [-0.2, 0) is 13.0 Å². The van der Waals surface area contributed by atoms with Crippen LogP contribution in [0.1, 0.15) is 28.5 Å². The first-order chi connectivity index (χ1) is 20.2. The molecule has 0 spiro atoms. The minimum Gasteiger partial charge on any atom is -0.493 e. The lowest BCUT2D eigenvalue weighted by molar-refractivity contribution is 0.0990. The molecular formula is C32H30FN3O6. The summed E-state index contributed by atoms with van der Waals surface area (Å²) in [6.07, 6.45) is 0.592. The van der Waals surface area contributed by atoms with Crippen LogP contribution in [0.25, 0.3) is 16.6 Å². The molecule has 2 heterocycles. The number of aliphatic hydroxyl groups excluding tert-OH is 1. The zero-order chi connectivity index (χ0) is 30.0. The van der Waals surface area contributed by atoms with Gasteiger partial charge in [0.25, 0.3) is 5.56 Å². The summed E-state index contributed by atoms with van der Waals surface area (Å²) >= 11 is 0. The molecule has 216 valence electrons. The Labute approximate surface area is 241 Å². The molecule has 9 nitrogen and oxygen atoms in total. The van der Waals surface area contributed by atoms with Gasteiger partial charge in [-0.1, -0.05) is 24.3 Å². The molecule has 5 rings (SSSR count). The Morgan fingerprint density at radius 1 is 0.976 bits per heavy atom. The lowest BCUT2D eigenvalue weighted by Gasteiger charge is -2.15. The first kappa shape index (κ1) is 28.6. The number of methoxy groups -OCH3 is 2. The molecule has 5 aromatic rings. The third-order valence-corrected chi connectivity index (χ3v) is 6.90. The highest BCUT2D eigenvalue weighted by Crippen LogP contribution is 2.37. The van der Waals surface area contributed by atoms with Crippen molar-refractivity contribution in [2.75, 3.05) is 14.2 Å². The predicted octanol–water partition coefficient (Wildman–Crippen LogP) is 5.25. The highest BCUT2D eigenvalue weighted by atomic mass is 19.1. The number of rotatable bonds is 10. The molecule has 42 heavy (non-hydrogen) atoms. The number of hydrogen-bond donors (Lipinski definition) is 1. The number of ketones is 1. The zero-order valence-corrected chi connectivity index (χ0v) is 23.6. The van der Waals surface area contributed by atoms with Gasteiger partial charge in [0.1, 0.15) is 11.3 Å². The van der Waals surface area contributed by atoms with Crippen LogP contribution in [0, 0.1) is 12.7 Å². The fourth-order valence-corrected chi connectivity index (χ4v) is 4.93. The van der Waals surface area contributed by atoms with Crippen LogP contribution in [0.4, 0.5) is 4.39 Å². The molecule has 3 aromatic carbocycles. The minimum atomic E-state index is -0.754. The van der Waals surface area contributed by atoms with E-state index >= 15 is 4.39 Å². The van der Waals surface area contributed by atoms with Crippen molar-refractivity contribution >= 4 is 16.7 Å². The Kier molecular flexibility index (Phi) is 8.08. The van der Waals surface area contributed by atoms with E-state index in [-0.39, 0.29) is 24.3 Å². The van der Waals surface area contributed by atoms with Gasteiger partial charge in [0, 0.05) is 29.8 Å². The predicted molar refractivity (Wildman–Crippen MR) is 156 cm³/mol. The van der Waals surface area contributed by atoms with E-state index in [2.05, 4.69) is 4.98 Å². The molecular weight excluding hydrogens is 541 g/mol. The van der Waals surface area contributed by atoms with Crippen molar-refractivity contribution in [1.82, 2.24) is 14.3 Å². The van der Waals surface area contributed by atoms with Crippen LogP contribution < -0.4 is 19.8 Å². The standard InChI is InChI=1S/C32H30FN3O6/c1-19(37)18-35-20(2)31(32(39)36(35)22-8-6-5-7-9-22)26(38)15-21-10-11-28(24(33)14-21)42-27-12-13-34-25-17-30(41-4)29(40-3)16-23(25)27/h5-14,16-17,19,37H,15,18H2,1-4H3/t19-/m1/s1.